The normalized spacial score (nSPS) is 27.7. The van der Waals surface area contributed by atoms with Gasteiger partial charge in [-0.3, -0.25) is 0 Å². The fourth-order valence-corrected chi connectivity index (χ4v) is 2.78. The molecule has 1 saturated heterocycles. The molecule has 5 heteroatoms. The highest BCUT2D eigenvalue weighted by Crippen LogP contribution is 2.36. The number of anilines is 1. The SMILES string of the molecule is CC1CNC(C2CC2)CN1c1ccc(F)c(F)c1F. The Morgan fingerprint density at radius 1 is 1.16 bits per heavy atom. The number of nitrogens with one attached hydrogen (secondary N) is 1. The van der Waals surface area contributed by atoms with Crippen molar-refractivity contribution in [3.63, 3.8) is 0 Å². The van der Waals surface area contributed by atoms with Crippen molar-refractivity contribution in [2.24, 2.45) is 5.92 Å². The summed E-state index contributed by atoms with van der Waals surface area (Å²) in [5.41, 5.74) is 0.165. The molecule has 1 aromatic carbocycles. The summed E-state index contributed by atoms with van der Waals surface area (Å²) in [6.07, 6.45) is 2.39. The Balaban J connectivity index is 1.88. The summed E-state index contributed by atoms with van der Waals surface area (Å²) < 4.78 is 40.2. The van der Waals surface area contributed by atoms with E-state index in [4.69, 9.17) is 0 Å². The van der Waals surface area contributed by atoms with Crippen molar-refractivity contribution in [2.45, 2.75) is 31.8 Å². The van der Waals surface area contributed by atoms with Crippen LogP contribution >= 0.6 is 0 Å². The predicted molar refractivity (Wildman–Crippen MR) is 67.6 cm³/mol. The molecule has 1 heterocycles. The lowest BCUT2D eigenvalue weighted by atomic mass is 10.0. The van der Waals surface area contributed by atoms with Gasteiger partial charge in [0.1, 0.15) is 0 Å². The highest BCUT2D eigenvalue weighted by Gasteiger charge is 2.37. The molecule has 1 aromatic rings. The molecule has 0 bridgehead atoms. The van der Waals surface area contributed by atoms with E-state index in [0.717, 1.165) is 12.6 Å². The standard InChI is InChI=1S/C14H17F3N2/c1-8-6-18-11(9-2-3-9)7-19(8)12-5-4-10(15)13(16)14(12)17/h4-5,8-9,11,18H,2-3,6-7H2,1H3. The molecule has 0 amide bonds. The van der Waals surface area contributed by atoms with Gasteiger partial charge in [-0.15, -0.1) is 0 Å². The van der Waals surface area contributed by atoms with E-state index in [-0.39, 0.29) is 11.7 Å². The van der Waals surface area contributed by atoms with Crippen molar-refractivity contribution in [3.05, 3.63) is 29.6 Å². The largest absolute Gasteiger partial charge is 0.364 e. The first kappa shape index (κ1) is 12.8. The maximum atomic E-state index is 13.9. The minimum Gasteiger partial charge on any atom is -0.364 e. The second kappa shape index (κ2) is 4.71. The van der Waals surface area contributed by atoms with Crippen LogP contribution in [0.25, 0.3) is 0 Å². The number of nitrogens with zero attached hydrogens (tertiary/aromatic N) is 1. The van der Waals surface area contributed by atoms with Gasteiger partial charge in [0.05, 0.1) is 5.69 Å². The third-order valence-corrected chi connectivity index (χ3v) is 4.12. The quantitative estimate of drug-likeness (QED) is 0.831. The summed E-state index contributed by atoms with van der Waals surface area (Å²) in [5.74, 6) is -2.96. The molecule has 0 spiro atoms. The van der Waals surface area contributed by atoms with E-state index in [9.17, 15) is 13.2 Å². The molecule has 3 rings (SSSR count). The first-order valence-corrected chi connectivity index (χ1v) is 6.71. The van der Waals surface area contributed by atoms with Gasteiger partial charge >= 0.3 is 0 Å². The molecule has 0 radical (unpaired) electrons. The summed E-state index contributed by atoms with van der Waals surface area (Å²) in [4.78, 5) is 1.84. The molecule has 19 heavy (non-hydrogen) atoms. The fourth-order valence-electron chi connectivity index (χ4n) is 2.78. The minimum atomic E-state index is -1.38. The highest BCUT2D eigenvalue weighted by atomic mass is 19.2. The monoisotopic (exact) mass is 270 g/mol. The number of piperazine rings is 1. The Bertz CT molecular complexity index is 488. The summed E-state index contributed by atoms with van der Waals surface area (Å²) >= 11 is 0. The minimum absolute atomic E-state index is 0.0642. The number of benzene rings is 1. The van der Waals surface area contributed by atoms with Crippen LogP contribution in [-0.4, -0.2) is 25.2 Å². The first-order chi connectivity index (χ1) is 9.08. The van der Waals surface area contributed by atoms with Crippen LogP contribution in [0.2, 0.25) is 0 Å². The molecule has 2 aliphatic rings. The molecule has 1 aliphatic heterocycles. The molecule has 104 valence electrons. The third-order valence-electron chi connectivity index (χ3n) is 4.12. The van der Waals surface area contributed by atoms with Crippen LogP contribution < -0.4 is 10.2 Å². The Morgan fingerprint density at radius 2 is 1.89 bits per heavy atom. The summed E-state index contributed by atoms with van der Waals surface area (Å²) in [5, 5.41) is 3.44. The zero-order valence-electron chi connectivity index (χ0n) is 10.8. The van der Waals surface area contributed by atoms with E-state index in [0.29, 0.717) is 18.5 Å². The van der Waals surface area contributed by atoms with Crippen LogP contribution in [0.15, 0.2) is 12.1 Å². The maximum absolute atomic E-state index is 13.9. The number of hydrogen-bond acceptors (Lipinski definition) is 2. The molecule has 2 unspecified atom stereocenters. The van der Waals surface area contributed by atoms with Crippen LogP contribution in [0, 0.1) is 23.4 Å². The van der Waals surface area contributed by atoms with E-state index in [2.05, 4.69) is 5.32 Å². The van der Waals surface area contributed by atoms with E-state index in [1.165, 1.54) is 18.9 Å². The summed E-state index contributed by atoms with van der Waals surface area (Å²) in [7, 11) is 0. The lowest BCUT2D eigenvalue weighted by molar-refractivity contribution is 0.369. The van der Waals surface area contributed by atoms with Crippen molar-refractivity contribution in [2.75, 3.05) is 18.0 Å². The van der Waals surface area contributed by atoms with Gasteiger partial charge in [0, 0.05) is 25.2 Å². The van der Waals surface area contributed by atoms with Crippen molar-refractivity contribution in [1.29, 1.82) is 0 Å². The van der Waals surface area contributed by atoms with Gasteiger partial charge in [0.2, 0.25) is 0 Å². The van der Waals surface area contributed by atoms with Crippen molar-refractivity contribution >= 4 is 5.69 Å². The van der Waals surface area contributed by atoms with Gasteiger partial charge < -0.3 is 10.2 Å². The fraction of sp³-hybridized carbons (Fsp3) is 0.571. The summed E-state index contributed by atoms with van der Waals surface area (Å²) in [6.45, 7) is 3.34. The van der Waals surface area contributed by atoms with E-state index >= 15 is 0 Å². The lowest BCUT2D eigenvalue weighted by Gasteiger charge is -2.40. The number of rotatable bonds is 2. The second-order valence-electron chi connectivity index (χ2n) is 5.55. The Hall–Kier alpha value is -1.23. The molecule has 2 nitrogen and oxygen atoms in total. The van der Waals surface area contributed by atoms with Gasteiger partial charge in [0.15, 0.2) is 17.5 Å². The average Bonchev–Trinajstić information content (AvgIpc) is 3.22. The first-order valence-electron chi connectivity index (χ1n) is 6.71. The van der Waals surface area contributed by atoms with Gasteiger partial charge in [-0.25, -0.2) is 13.2 Å². The van der Waals surface area contributed by atoms with Crippen LogP contribution in [0.3, 0.4) is 0 Å². The van der Waals surface area contributed by atoms with Crippen LogP contribution in [-0.2, 0) is 0 Å². The maximum Gasteiger partial charge on any atom is 0.196 e. The second-order valence-corrected chi connectivity index (χ2v) is 5.55. The molecule has 2 fully saturated rings. The van der Waals surface area contributed by atoms with E-state index in [1.54, 1.807) is 0 Å². The molecular weight excluding hydrogens is 253 g/mol. The Morgan fingerprint density at radius 3 is 2.58 bits per heavy atom. The van der Waals surface area contributed by atoms with E-state index < -0.39 is 17.5 Å². The number of halogens is 3. The molecule has 2 atom stereocenters. The third kappa shape index (κ3) is 2.31. The zero-order valence-corrected chi connectivity index (χ0v) is 10.8. The average molecular weight is 270 g/mol. The smallest absolute Gasteiger partial charge is 0.196 e. The van der Waals surface area contributed by atoms with Gasteiger partial charge in [-0.1, -0.05) is 0 Å². The van der Waals surface area contributed by atoms with E-state index in [1.807, 2.05) is 11.8 Å². The Labute approximate surface area is 110 Å². The number of hydrogen-bond donors (Lipinski definition) is 1. The van der Waals surface area contributed by atoms with Crippen LogP contribution in [0.4, 0.5) is 18.9 Å². The molecule has 1 saturated carbocycles. The van der Waals surface area contributed by atoms with Crippen molar-refractivity contribution in [3.8, 4) is 0 Å². The van der Waals surface area contributed by atoms with Gasteiger partial charge in [0.25, 0.3) is 0 Å². The van der Waals surface area contributed by atoms with Crippen LogP contribution in [0.5, 0.6) is 0 Å². The Kier molecular flexibility index (Phi) is 3.17. The zero-order chi connectivity index (χ0) is 13.6. The van der Waals surface area contributed by atoms with Crippen molar-refractivity contribution < 1.29 is 13.2 Å². The highest BCUT2D eigenvalue weighted by molar-refractivity contribution is 5.50. The van der Waals surface area contributed by atoms with Crippen molar-refractivity contribution in [1.82, 2.24) is 5.32 Å². The van der Waals surface area contributed by atoms with Crippen LogP contribution in [0.1, 0.15) is 19.8 Å². The lowest BCUT2D eigenvalue weighted by Crippen LogP contribution is -2.56. The topological polar surface area (TPSA) is 15.3 Å². The molecule has 1 N–H and O–H groups in total. The molecule has 0 aromatic heterocycles. The van der Waals surface area contributed by atoms with Gasteiger partial charge in [-0.05, 0) is 37.8 Å². The summed E-state index contributed by atoms with van der Waals surface area (Å²) in [6, 6.07) is 2.71. The molecular formula is C14H17F3N2. The predicted octanol–water partition coefficient (Wildman–Crippen LogP) is 2.68. The van der Waals surface area contributed by atoms with Gasteiger partial charge in [-0.2, -0.15) is 0 Å². The molecule has 1 aliphatic carbocycles.